The van der Waals surface area contributed by atoms with Gasteiger partial charge in [0.25, 0.3) is 0 Å². The second-order valence-corrected chi connectivity index (χ2v) is 17.2. The molecule has 10 aromatic carbocycles. The summed E-state index contributed by atoms with van der Waals surface area (Å²) in [5, 5.41) is 24.1. The van der Waals surface area contributed by atoms with E-state index in [9.17, 15) is 10.0 Å². The van der Waals surface area contributed by atoms with Crippen molar-refractivity contribution in [1.29, 1.82) is 0 Å². The van der Waals surface area contributed by atoms with Crippen LogP contribution in [0.2, 0.25) is 0 Å². The summed E-state index contributed by atoms with van der Waals surface area (Å²) in [6, 6.07) is 81.7. The fourth-order valence-electron chi connectivity index (χ4n) is 9.18. The van der Waals surface area contributed by atoms with Crippen LogP contribution in [0.5, 0.6) is 0 Å². The number of nitrogens with zero attached hydrogens (tertiary/aromatic N) is 2. The molecule has 0 fully saturated rings. The van der Waals surface area contributed by atoms with E-state index in [2.05, 4.69) is 153 Å². The Morgan fingerprint density at radius 3 is 1.09 bits per heavy atom. The Morgan fingerprint density at radius 1 is 0.338 bits per heavy atom. The monoisotopic (exact) mass is 944 g/mol. The molecule has 0 bridgehead atoms. The topological polar surface area (TPSA) is 73.2 Å². The van der Waals surface area contributed by atoms with E-state index in [1.165, 1.54) is 0 Å². The van der Waals surface area contributed by atoms with Crippen molar-refractivity contribution in [2.75, 3.05) is 9.80 Å². The molecule has 0 aliphatic rings. The number of para-hydroxylation sites is 6. The number of benzene rings is 10. The molecule has 6 nitrogen and oxygen atoms in total. The van der Waals surface area contributed by atoms with Crippen molar-refractivity contribution < 1.29 is 18.9 Å². The molecule has 0 unspecified atom stereocenters. The summed E-state index contributed by atoms with van der Waals surface area (Å²) in [6.07, 6.45) is 0. The summed E-state index contributed by atoms with van der Waals surface area (Å²) in [7, 11) is -1.62. The third-order valence-electron chi connectivity index (χ3n) is 12.2. The van der Waals surface area contributed by atoms with Gasteiger partial charge in [-0.15, -0.1) is 0 Å². The van der Waals surface area contributed by atoms with E-state index in [1.54, 1.807) is 6.07 Å². The summed E-state index contributed by atoms with van der Waals surface area (Å²) in [4.78, 5) is 4.41. The molecule has 0 aliphatic carbocycles. The second-order valence-electron chi connectivity index (χ2n) is 16.3. The number of furan rings is 2. The number of hydrogen-bond acceptors (Lipinski definition) is 6. The van der Waals surface area contributed by atoms with E-state index < -0.39 is 7.12 Å². The fourth-order valence-corrected chi connectivity index (χ4v) is 9.71. The predicted octanol–water partition coefficient (Wildman–Crippen LogP) is 15.9. The van der Waals surface area contributed by atoms with Crippen LogP contribution in [-0.2, 0) is 0 Å². The van der Waals surface area contributed by atoms with Gasteiger partial charge in [0.1, 0.15) is 11.2 Å². The normalized spacial score (nSPS) is 11.2. The van der Waals surface area contributed by atoms with Gasteiger partial charge in [0.15, 0.2) is 11.2 Å². The maximum atomic E-state index is 10.2. The van der Waals surface area contributed by atoms with Gasteiger partial charge in [-0.05, 0) is 89.4 Å². The molecule has 0 saturated carbocycles. The van der Waals surface area contributed by atoms with Crippen molar-refractivity contribution in [3.63, 3.8) is 0 Å². The van der Waals surface area contributed by atoms with Gasteiger partial charge in [0, 0.05) is 59.9 Å². The average molecular weight is 946 g/mol. The van der Waals surface area contributed by atoms with Crippen molar-refractivity contribution >= 4 is 107 Å². The quantitative estimate of drug-likeness (QED) is 0.140. The Bertz CT molecular complexity index is 3590. The van der Waals surface area contributed by atoms with E-state index in [0.717, 1.165) is 88.2 Å². The maximum absolute atomic E-state index is 10.2. The maximum Gasteiger partial charge on any atom is 0.489 e. The van der Waals surface area contributed by atoms with Crippen LogP contribution in [0.1, 0.15) is 0 Å². The third kappa shape index (κ3) is 7.90. The first-order chi connectivity index (χ1) is 33.5. The summed E-state index contributed by atoms with van der Waals surface area (Å²) >= 11 is 3.78. The lowest BCUT2D eigenvalue weighted by atomic mass is 9.76. The first-order valence-corrected chi connectivity index (χ1v) is 23.2. The van der Waals surface area contributed by atoms with E-state index in [0.29, 0.717) is 22.0 Å². The highest BCUT2D eigenvalue weighted by Crippen LogP contribution is 2.47. The summed E-state index contributed by atoms with van der Waals surface area (Å²) in [5.74, 6) is 0. The van der Waals surface area contributed by atoms with E-state index in [1.807, 2.05) is 109 Å². The average Bonchev–Trinajstić information content (AvgIpc) is 4.00. The van der Waals surface area contributed by atoms with Crippen molar-refractivity contribution in [2.45, 2.75) is 0 Å². The van der Waals surface area contributed by atoms with Crippen LogP contribution in [0.4, 0.5) is 34.1 Å². The molecule has 12 aromatic rings. The van der Waals surface area contributed by atoms with Gasteiger partial charge >= 0.3 is 7.12 Å². The lowest BCUT2D eigenvalue weighted by Gasteiger charge is -2.25. The lowest BCUT2D eigenvalue weighted by Crippen LogP contribution is -2.30. The number of fused-ring (bicyclic) bond motifs is 6. The van der Waals surface area contributed by atoms with Crippen LogP contribution < -0.4 is 15.3 Å². The Morgan fingerprint density at radius 2 is 0.691 bits per heavy atom. The van der Waals surface area contributed by atoms with Crippen LogP contribution in [0.3, 0.4) is 0 Å². The molecule has 0 amide bonds. The summed E-state index contributed by atoms with van der Waals surface area (Å²) < 4.78 is 14.3. The Kier molecular flexibility index (Phi) is 11.6. The molecule has 2 aromatic heterocycles. The van der Waals surface area contributed by atoms with Crippen molar-refractivity contribution in [3.8, 4) is 22.3 Å². The highest BCUT2D eigenvalue weighted by Gasteiger charge is 2.26. The van der Waals surface area contributed by atoms with Crippen LogP contribution >= 0.6 is 15.9 Å². The van der Waals surface area contributed by atoms with Crippen molar-refractivity contribution in [2.24, 2.45) is 0 Å². The minimum Gasteiger partial charge on any atom is -0.453 e. The molecule has 8 heteroatoms. The van der Waals surface area contributed by atoms with E-state index in [4.69, 9.17) is 8.83 Å². The molecule has 0 saturated heterocycles. The molecule has 68 heavy (non-hydrogen) atoms. The summed E-state index contributed by atoms with van der Waals surface area (Å²) in [5.41, 5.74) is 13.6. The Labute approximate surface area is 402 Å². The Balaban J connectivity index is 0.000000149. The minimum absolute atomic E-state index is 0.418. The van der Waals surface area contributed by atoms with Gasteiger partial charge < -0.3 is 28.7 Å². The zero-order valence-electron chi connectivity index (χ0n) is 36.7. The molecule has 2 N–H and O–H groups in total. The zero-order valence-corrected chi connectivity index (χ0v) is 38.2. The smallest absolute Gasteiger partial charge is 0.453 e. The molecular formula is C60H42BBrN2O4. The molecule has 0 atom stereocenters. The number of halogens is 1. The van der Waals surface area contributed by atoms with Crippen LogP contribution in [0.15, 0.2) is 256 Å². The van der Waals surface area contributed by atoms with Crippen molar-refractivity contribution in [3.05, 3.63) is 247 Å². The SMILES string of the molecule is Brc1ccc(-c2ccccc2)c2oc3c(N(c4ccccc4)c4ccccc4)cccc3c12.OB(O)c1ccc(-c2ccccc2)c2oc3c(N(c4ccccc4)c4ccccc4)cccc3c12. The van der Waals surface area contributed by atoms with Crippen molar-refractivity contribution in [1.82, 2.24) is 0 Å². The molecule has 2 heterocycles. The minimum atomic E-state index is -1.62. The third-order valence-corrected chi connectivity index (χ3v) is 12.9. The second kappa shape index (κ2) is 18.6. The van der Waals surface area contributed by atoms with Crippen LogP contribution in [-0.4, -0.2) is 17.2 Å². The molecule has 326 valence electrons. The highest BCUT2D eigenvalue weighted by molar-refractivity contribution is 9.10. The van der Waals surface area contributed by atoms with Gasteiger partial charge in [0.05, 0.1) is 11.4 Å². The summed E-state index contributed by atoms with van der Waals surface area (Å²) in [6.45, 7) is 0. The van der Waals surface area contributed by atoms with Crippen LogP contribution in [0, 0.1) is 0 Å². The predicted molar refractivity (Wildman–Crippen MR) is 285 cm³/mol. The number of anilines is 6. The molecule has 12 rings (SSSR count). The van der Waals surface area contributed by atoms with Gasteiger partial charge in [-0.1, -0.05) is 186 Å². The van der Waals surface area contributed by atoms with E-state index >= 15 is 0 Å². The number of rotatable bonds is 9. The standard InChI is InChI=1S/C30H22BNO3.C30H20BrNO/c33-31(34)26-20-19-24(21-11-4-1-5-12-21)30-28(26)25-17-10-18-27(29(25)35-30)32(22-13-6-2-7-14-22)23-15-8-3-9-16-23;31-26-20-19-24(21-11-4-1-5-12-21)30-28(26)25-17-10-18-27(29(25)33-30)32(22-13-6-2-7-14-22)23-15-8-3-9-16-23/h1-20,33-34H;1-20H. The lowest BCUT2D eigenvalue weighted by molar-refractivity contribution is 0.426. The molecule has 0 aliphatic heterocycles. The van der Waals surface area contributed by atoms with Gasteiger partial charge in [-0.3, -0.25) is 0 Å². The largest absolute Gasteiger partial charge is 0.489 e. The molecule has 0 spiro atoms. The fraction of sp³-hybridized carbons (Fsp3) is 0. The zero-order chi connectivity index (χ0) is 46.0. The number of hydrogen-bond donors (Lipinski definition) is 2. The van der Waals surface area contributed by atoms with Crippen LogP contribution in [0.25, 0.3) is 66.1 Å². The van der Waals surface area contributed by atoms with Gasteiger partial charge in [-0.25, -0.2) is 0 Å². The van der Waals surface area contributed by atoms with E-state index in [-0.39, 0.29) is 0 Å². The Hall–Kier alpha value is -8.14. The van der Waals surface area contributed by atoms with Gasteiger partial charge in [-0.2, -0.15) is 0 Å². The molecule has 0 radical (unpaired) electrons. The van der Waals surface area contributed by atoms with Gasteiger partial charge in [0.2, 0.25) is 0 Å². The highest BCUT2D eigenvalue weighted by atomic mass is 79.9. The molecular weight excluding hydrogens is 903 g/mol. The first kappa shape index (κ1) is 42.5. The first-order valence-electron chi connectivity index (χ1n) is 22.4.